The first-order chi connectivity index (χ1) is 7.72. The van der Waals surface area contributed by atoms with Gasteiger partial charge in [0.25, 0.3) is 0 Å². The molecule has 0 spiro atoms. The number of nitrogens with zero attached hydrogens (tertiary/aromatic N) is 1. The highest BCUT2D eigenvalue weighted by Gasteiger charge is 1.97. The van der Waals surface area contributed by atoms with Crippen LogP contribution in [0, 0.1) is 24.2 Å². The Morgan fingerprint density at radius 2 is 1.88 bits per heavy atom. The molecule has 0 radical (unpaired) electrons. The number of terminal acetylenes is 1. The third-order valence-electron chi connectivity index (χ3n) is 1.18. The predicted molar refractivity (Wildman–Crippen MR) is 73.6 cm³/mol. The summed E-state index contributed by atoms with van der Waals surface area (Å²) in [5.41, 5.74) is 0. The summed E-state index contributed by atoms with van der Waals surface area (Å²) in [5.74, 6) is 1.82. The van der Waals surface area contributed by atoms with Crippen LogP contribution in [-0.4, -0.2) is 41.5 Å². The van der Waals surface area contributed by atoms with Gasteiger partial charge in [-0.2, -0.15) is 28.8 Å². The Kier molecular flexibility index (Phi) is 31.0. The molecule has 1 N–H and O–H groups in total. The van der Waals surface area contributed by atoms with Crippen molar-refractivity contribution in [2.24, 2.45) is 0 Å². The summed E-state index contributed by atoms with van der Waals surface area (Å²) < 4.78 is 0. The van der Waals surface area contributed by atoms with Gasteiger partial charge in [-0.15, -0.1) is 12.8 Å². The maximum atomic E-state index is 9.55. The molecule has 0 amide bonds. The third-order valence-corrected chi connectivity index (χ3v) is 2.47. The van der Waals surface area contributed by atoms with E-state index in [1.54, 1.807) is 29.6 Å². The van der Waals surface area contributed by atoms with Crippen molar-refractivity contribution in [3.05, 3.63) is 0 Å². The highest BCUT2D eigenvalue weighted by molar-refractivity contribution is 7.98. The van der Waals surface area contributed by atoms with Gasteiger partial charge >= 0.3 is 0 Å². The number of carbonyl (C=O) groups is 1. The number of rotatable bonds is 6. The zero-order valence-corrected chi connectivity index (χ0v) is 11.4. The van der Waals surface area contributed by atoms with Gasteiger partial charge in [0, 0.05) is 6.42 Å². The highest BCUT2D eigenvalue weighted by atomic mass is 32.2. The summed E-state index contributed by atoms with van der Waals surface area (Å²) in [4.78, 5) is 9.55. The summed E-state index contributed by atoms with van der Waals surface area (Å²) in [6, 6.07) is 1.74. The van der Waals surface area contributed by atoms with Gasteiger partial charge in [-0.25, -0.2) is 0 Å². The molecule has 0 aliphatic rings. The Bertz CT molecular complexity index is 190. The Hall–Kier alpha value is -0.620. The van der Waals surface area contributed by atoms with E-state index in [4.69, 9.17) is 10.4 Å². The van der Waals surface area contributed by atoms with E-state index < -0.39 is 6.10 Å². The minimum absolute atomic E-state index is 0.581. The Labute approximate surface area is 107 Å². The van der Waals surface area contributed by atoms with Crippen LogP contribution < -0.4 is 0 Å². The number of thioether (sulfide) groups is 2. The number of nitriles is 1. The van der Waals surface area contributed by atoms with Crippen molar-refractivity contribution in [1.82, 2.24) is 0 Å². The molecule has 3 nitrogen and oxygen atoms in total. The monoisotopic (exact) mass is 261 g/mol. The second kappa shape index (κ2) is 23.9. The molecule has 92 valence electrons. The molecule has 0 aromatic rings. The molecule has 1 unspecified atom stereocenters. The summed E-state index contributed by atoms with van der Waals surface area (Å²) in [6.07, 6.45) is 13.4. The van der Waals surface area contributed by atoms with Crippen LogP contribution in [0.2, 0.25) is 0 Å². The van der Waals surface area contributed by atoms with Crippen molar-refractivity contribution >= 4 is 29.8 Å². The van der Waals surface area contributed by atoms with E-state index in [1.807, 2.05) is 12.5 Å². The molecule has 0 aromatic carbocycles. The first kappa shape index (κ1) is 20.8. The number of hydrogen-bond acceptors (Lipinski definition) is 5. The van der Waals surface area contributed by atoms with Crippen LogP contribution in [0.5, 0.6) is 0 Å². The Morgan fingerprint density at radius 1 is 1.38 bits per heavy atom. The van der Waals surface area contributed by atoms with Crippen molar-refractivity contribution < 1.29 is 9.90 Å². The van der Waals surface area contributed by atoms with Crippen molar-refractivity contribution in [2.45, 2.75) is 18.9 Å². The maximum Gasteiger partial charge on any atom is 0.141 e. The quantitative estimate of drug-likeness (QED) is 0.342. The lowest BCUT2D eigenvalue weighted by atomic mass is 10.3. The molecule has 16 heavy (non-hydrogen) atoms. The maximum absolute atomic E-state index is 9.55. The minimum atomic E-state index is -0.762. The molecule has 0 heterocycles. The summed E-state index contributed by atoms with van der Waals surface area (Å²) in [5, 5.41) is 16.7. The molecular formula is C11H19NO2S2. The fourth-order valence-corrected chi connectivity index (χ4v) is 1.25. The SMILES string of the molecule is C#C.CSCCC(O)C#N.CSCCC=O. The molecule has 1 atom stereocenters. The van der Waals surface area contributed by atoms with E-state index in [1.165, 1.54) is 0 Å². The fraction of sp³-hybridized carbons (Fsp3) is 0.636. The molecular weight excluding hydrogens is 242 g/mol. The lowest BCUT2D eigenvalue weighted by Gasteiger charge is -1.95. The van der Waals surface area contributed by atoms with Crippen molar-refractivity contribution in [3.63, 3.8) is 0 Å². The van der Waals surface area contributed by atoms with Crippen LogP contribution >= 0.6 is 23.5 Å². The van der Waals surface area contributed by atoms with E-state index in [9.17, 15) is 4.79 Å². The lowest BCUT2D eigenvalue weighted by molar-refractivity contribution is -0.107. The summed E-state index contributed by atoms with van der Waals surface area (Å²) >= 11 is 3.33. The average molecular weight is 261 g/mol. The van der Waals surface area contributed by atoms with Crippen molar-refractivity contribution in [2.75, 3.05) is 24.0 Å². The normalized spacial score (nSPS) is 9.50. The molecule has 5 heteroatoms. The first-order valence-electron chi connectivity index (χ1n) is 4.55. The van der Waals surface area contributed by atoms with Crippen molar-refractivity contribution in [1.29, 1.82) is 5.26 Å². The van der Waals surface area contributed by atoms with Gasteiger partial charge in [0.05, 0.1) is 6.07 Å². The van der Waals surface area contributed by atoms with Gasteiger partial charge in [-0.3, -0.25) is 0 Å². The Balaban J connectivity index is -0.000000188. The van der Waals surface area contributed by atoms with E-state index in [2.05, 4.69) is 12.8 Å². The number of carbonyl (C=O) groups excluding carboxylic acids is 1. The molecule has 0 fully saturated rings. The fourth-order valence-electron chi connectivity index (χ4n) is 0.460. The minimum Gasteiger partial charge on any atom is -0.378 e. The number of aliphatic hydroxyl groups excluding tert-OH is 1. The van der Waals surface area contributed by atoms with E-state index in [0.717, 1.165) is 17.8 Å². The van der Waals surface area contributed by atoms with Gasteiger partial charge in [-0.05, 0) is 30.4 Å². The smallest absolute Gasteiger partial charge is 0.141 e. The topological polar surface area (TPSA) is 61.1 Å². The Morgan fingerprint density at radius 3 is 2.12 bits per heavy atom. The van der Waals surface area contributed by atoms with Gasteiger partial charge in [-0.1, -0.05) is 0 Å². The van der Waals surface area contributed by atoms with E-state index >= 15 is 0 Å². The van der Waals surface area contributed by atoms with Crippen LogP contribution in [0.1, 0.15) is 12.8 Å². The van der Waals surface area contributed by atoms with Crippen LogP contribution in [0.15, 0.2) is 0 Å². The molecule has 0 saturated carbocycles. The zero-order valence-electron chi connectivity index (χ0n) is 9.76. The average Bonchev–Trinajstić information content (AvgIpc) is 2.36. The van der Waals surface area contributed by atoms with Gasteiger partial charge in [0.15, 0.2) is 0 Å². The molecule has 0 rings (SSSR count). The lowest BCUT2D eigenvalue weighted by Crippen LogP contribution is -2.02. The summed E-state index contributed by atoms with van der Waals surface area (Å²) in [7, 11) is 0. The number of aliphatic hydroxyl groups is 1. The standard InChI is InChI=1S/C5H9NOS.C4H8OS.C2H2/c1-8-3-2-5(7)4-6;1-6-4-2-3-5;1-2/h5,7H,2-3H2,1H3;3H,2,4H2,1H3;1-2H. The molecule has 0 aromatic heterocycles. The third kappa shape index (κ3) is 29.2. The van der Waals surface area contributed by atoms with E-state index in [-0.39, 0.29) is 0 Å². The van der Waals surface area contributed by atoms with Gasteiger partial charge in [0.1, 0.15) is 12.4 Å². The molecule has 0 bridgehead atoms. The van der Waals surface area contributed by atoms with Crippen LogP contribution in [-0.2, 0) is 4.79 Å². The van der Waals surface area contributed by atoms with Crippen LogP contribution in [0.25, 0.3) is 0 Å². The zero-order chi connectivity index (χ0) is 13.2. The second-order valence-electron chi connectivity index (χ2n) is 2.37. The molecule has 0 aliphatic heterocycles. The van der Waals surface area contributed by atoms with Crippen LogP contribution in [0.4, 0.5) is 0 Å². The number of aldehydes is 1. The van der Waals surface area contributed by atoms with Crippen molar-refractivity contribution in [3.8, 4) is 18.9 Å². The largest absolute Gasteiger partial charge is 0.378 e. The first-order valence-corrected chi connectivity index (χ1v) is 7.34. The van der Waals surface area contributed by atoms with Gasteiger partial charge in [0.2, 0.25) is 0 Å². The molecule has 0 aliphatic carbocycles. The molecule has 0 saturated heterocycles. The van der Waals surface area contributed by atoms with Crippen LogP contribution in [0.3, 0.4) is 0 Å². The van der Waals surface area contributed by atoms with E-state index in [0.29, 0.717) is 12.8 Å². The highest BCUT2D eigenvalue weighted by Crippen LogP contribution is 1.98. The predicted octanol–water partition coefficient (Wildman–Crippen LogP) is 1.81. The summed E-state index contributed by atoms with van der Waals surface area (Å²) in [6.45, 7) is 0. The number of hydrogen-bond donors (Lipinski definition) is 1. The second-order valence-corrected chi connectivity index (χ2v) is 4.35. The van der Waals surface area contributed by atoms with Gasteiger partial charge < -0.3 is 9.90 Å².